The van der Waals surface area contributed by atoms with Crippen LogP contribution in [0.1, 0.15) is 51.4 Å². The molecule has 0 saturated carbocycles. The Kier molecular flexibility index (Phi) is 6.07. The van der Waals surface area contributed by atoms with E-state index in [0.29, 0.717) is 47.6 Å². The number of nitrogens with zero attached hydrogens (tertiary/aromatic N) is 1. The van der Waals surface area contributed by atoms with Crippen molar-refractivity contribution in [3.8, 4) is 5.75 Å². The van der Waals surface area contributed by atoms with E-state index in [2.05, 4.69) is 9.93 Å². The zero-order valence-electron chi connectivity index (χ0n) is 18.4. The molecule has 1 heterocycles. The Hall–Kier alpha value is -3.46. The molecule has 0 unspecified atom stereocenters. The summed E-state index contributed by atoms with van der Waals surface area (Å²) in [6.45, 7) is 5.55. The number of rotatable bonds is 5. The quantitative estimate of drug-likeness (QED) is 0.334. The van der Waals surface area contributed by atoms with Gasteiger partial charge in [-0.1, -0.05) is 6.07 Å². The maximum Gasteiger partial charge on any atom is 0.379 e. The Morgan fingerprint density at radius 3 is 2.39 bits per heavy atom. The third-order valence-corrected chi connectivity index (χ3v) is 6.57. The zero-order valence-corrected chi connectivity index (χ0v) is 19.3. The molecule has 4 rings (SSSR count). The molecule has 0 fully saturated rings. The van der Waals surface area contributed by atoms with Crippen LogP contribution in [0.2, 0.25) is 0 Å². The van der Waals surface area contributed by atoms with Gasteiger partial charge in [-0.05, 0) is 81.1 Å². The first-order valence-electron chi connectivity index (χ1n) is 10.4. The SMILES string of the molecule is Cc1cc(C)cc(OC(=O)c2oc3c(c2C)/C(=N/NS(=O)(=O)c2ccc(F)cc2)CCC3)c1. The van der Waals surface area contributed by atoms with E-state index in [1.165, 1.54) is 0 Å². The first-order chi connectivity index (χ1) is 15.6. The number of carbonyl (C=O) groups is 1. The molecule has 0 radical (unpaired) electrons. The number of hydrogen-bond acceptors (Lipinski definition) is 6. The highest BCUT2D eigenvalue weighted by molar-refractivity contribution is 7.89. The van der Waals surface area contributed by atoms with E-state index in [1.54, 1.807) is 19.1 Å². The second-order valence-corrected chi connectivity index (χ2v) is 9.69. The second kappa shape index (κ2) is 8.82. The fourth-order valence-corrected chi connectivity index (χ4v) is 4.73. The predicted octanol–water partition coefficient (Wildman–Crippen LogP) is 4.58. The van der Waals surface area contributed by atoms with Crippen LogP contribution in [0.3, 0.4) is 0 Å². The Morgan fingerprint density at radius 2 is 1.73 bits per heavy atom. The van der Waals surface area contributed by atoms with Gasteiger partial charge in [-0.25, -0.2) is 9.18 Å². The minimum atomic E-state index is -3.98. The fourth-order valence-electron chi connectivity index (χ4n) is 3.90. The van der Waals surface area contributed by atoms with E-state index >= 15 is 0 Å². The number of aryl methyl sites for hydroxylation is 3. The van der Waals surface area contributed by atoms with Crippen molar-refractivity contribution in [3.05, 3.63) is 82.1 Å². The van der Waals surface area contributed by atoms with E-state index in [1.807, 2.05) is 19.9 Å². The summed E-state index contributed by atoms with van der Waals surface area (Å²) in [5.74, 6) is -0.113. The zero-order chi connectivity index (χ0) is 23.8. The van der Waals surface area contributed by atoms with Gasteiger partial charge in [0, 0.05) is 17.5 Å². The molecule has 0 aliphatic heterocycles. The standard InChI is InChI=1S/C24H23FN2O5S/c1-14-11-15(2)13-18(12-14)31-24(28)23-16(3)22-20(5-4-6-21(22)32-23)26-27-33(29,30)19-9-7-17(25)8-10-19/h7-13,27H,4-6H2,1-3H3/b26-20+. The molecular formula is C24H23FN2O5S. The number of ether oxygens (including phenoxy) is 1. The molecule has 1 aliphatic rings. The molecule has 0 bridgehead atoms. The highest BCUT2D eigenvalue weighted by Gasteiger charge is 2.29. The molecule has 2 aromatic carbocycles. The van der Waals surface area contributed by atoms with Crippen molar-refractivity contribution in [1.29, 1.82) is 0 Å². The number of fused-ring (bicyclic) bond motifs is 1. The van der Waals surface area contributed by atoms with Crippen molar-refractivity contribution in [1.82, 2.24) is 4.83 Å². The van der Waals surface area contributed by atoms with Crippen LogP contribution in [0.15, 0.2) is 56.9 Å². The molecule has 172 valence electrons. The number of sulfonamides is 1. The number of hydrazone groups is 1. The second-order valence-electron chi connectivity index (χ2n) is 8.03. The first-order valence-corrected chi connectivity index (χ1v) is 11.9. The number of hydrogen-bond donors (Lipinski definition) is 1. The van der Waals surface area contributed by atoms with Crippen LogP contribution < -0.4 is 9.57 Å². The average molecular weight is 471 g/mol. The maximum absolute atomic E-state index is 13.1. The highest BCUT2D eigenvalue weighted by Crippen LogP contribution is 2.31. The lowest BCUT2D eigenvalue weighted by Crippen LogP contribution is -2.22. The maximum atomic E-state index is 13.1. The van der Waals surface area contributed by atoms with Crippen molar-refractivity contribution in [2.24, 2.45) is 5.10 Å². The monoisotopic (exact) mass is 470 g/mol. The highest BCUT2D eigenvalue weighted by atomic mass is 32.2. The first kappa shape index (κ1) is 22.7. The molecule has 1 N–H and O–H groups in total. The Labute approximate surface area is 191 Å². The molecule has 0 amide bonds. The van der Waals surface area contributed by atoms with E-state index in [4.69, 9.17) is 9.15 Å². The lowest BCUT2D eigenvalue weighted by Gasteiger charge is -2.14. The summed E-state index contributed by atoms with van der Waals surface area (Å²) in [5.41, 5.74) is 3.55. The normalized spacial score (nSPS) is 14.7. The molecule has 0 atom stereocenters. The number of benzene rings is 2. The van der Waals surface area contributed by atoms with E-state index in [-0.39, 0.29) is 10.7 Å². The molecule has 1 aromatic heterocycles. The van der Waals surface area contributed by atoms with Crippen LogP contribution in [0.4, 0.5) is 4.39 Å². The van der Waals surface area contributed by atoms with Crippen molar-refractivity contribution >= 4 is 21.7 Å². The molecular weight excluding hydrogens is 447 g/mol. The molecule has 0 spiro atoms. The van der Waals surface area contributed by atoms with Gasteiger partial charge in [-0.3, -0.25) is 0 Å². The summed E-state index contributed by atoms with van der Waals surface area (Å²) in [7, 11) is -3.98. The number of halogens is 1. The Bertz CT molecular complexity index is 1340. The van der Waals surface area contributed by atoms with Gasteiger partial charge in [0.1, 0.15) is 17.3 Å². The van der Waals surface area contributed by atoms with Gasteiger partial charge in [-0.15, -0.1) is 0 Å². The van der Waals surface area contributed by atoms with Crippen LogP contribution in [-0.2, 0) is 16.4 Å². The molecule has 9 heteroatoms. The van der Waals surface area contributed by atoms with Gasteiger partial charge in [0.2, 0.25) is 5.76 Å². The summed E-state index contributed by atoms with van der Waals surface area (Å²) < 4.78 is 49.5. The average Bonchev–Trinajstić information content (AvgIpc) is 3.09. The smallest absolute Gasteiger partial charge is 0.379 e. The summed E-state index contributed by atoms with van der Waals surface area (Å²) in [6.07, 6.45) is 1.78. The molecule has 33 heavy (non-hydrogen) atoms. The summed E-state index contributed by atoms with van der Waals surface area (Å²) in [6, 6.07) is 9.95. The van der Waals surface area contributed by atoms with Crippen LogP contribution >= 0.6 is 0 Å². The van der Waals surface area contributed by atoms with Crippen LogP contribution in [0.5, 0.6) is 5.75 Å². The van der Waals surface area contributed by atoms with E-state index < -0.39 is 21.8 Å². The Morgan fingerprint density at radius 1 is 1.06 bits per heavy atom. The summed E-state index contributed by atoms with van der Waals surface area (Å²) in [4.78, 5) is 14.9. The minimum Gasteiger partial charge on any atom is -0.453 e. The third-order valence-electron chi connectivity index (χ3n) is 5.34. The lowest BCUT2D eigenvalue weighted by molar-refractivity contribution is 0.0698. The molecule has 7 nitrogen and oxygen atoms in total. The van der Waals surface area contributed by atoms with Gasteiger partial charge in [0.15, 0.2) is 0 Å². The Balaban J connectivity index is 1.60. The number of furan rings is 1. The van der Waals surface area contributed by atoms with E-state index in [0.717, 1.165) is 35.4 Å². The topological polar surface area (TPSA) is 98.0 Å². The van der Waals surface area contributed by atoms with Crippen LogP contribution in [0.25, 0.3) is 0 Å². The van der Waals surface area contributed by atoms with Crippen LogP contribution in [0, 0.1) is 26.6 Å². The van der Waals surface area contributed by atoms with Crippen molar-refractivity contribution < 1.29 is 26.8 Å². The van der Waals surface area contributed by atoms with Crippen molar-refractivity contribution in [2.75, 3.05) is 0 Å². The van der Waals surface area contributed by atoms with Crippen molar-refractivity contribution in [3.63, 3.8) is 0 Å². The molecule has 0 saturated heterocycles. The van der Waals surface area contributed by atoms with Crippen molar-refractivity contribution in [2.45, 2.75) is 44.9 Å². The van der Waals surface area contributed by atoms with Gasteiger partial charge >= 0.3 is 5.97 Å². The third kappa shape index (κ3) is 4.83. The molecule has 3 aromatic rings. The summed E-state index contributed by atoms with van der Waals surface area (Å²) >= 11 is 0. The minimum absolute atomic E-state index is 0.0650. The molecule has 1 aliphatic carbocycles. The number of nitrogens with one attached hydrogen (secondary N) is 1. The summed E-state index contributed by atoms with van der Waals surface area (Å²) in [5, 5.41) is 4.11. The van der Waals surface area contributed by atoms with Gasteiger partial charge < -0.3 is 9.15 Å². The number of esters is 1. The van der Waals surface area contributed by atoms with Gasteiger partial charge in [-0.2, -0.15) is 18.4 Å². The van der Waals surface area contributed by atoms with E-state index in [9.17, 15) is 17.6 Å². The lowest BCUT2D eigenvalue weighted by atomic mass is 9.93. The number of carbonyl (C=O) groups excluding carboxylic acids is 1. The predicted molar refractivity (Wildman–Crippen MR) is 121 cm³/mol. The van der Waals surface area contributed by atoms with Gasteiger partial charge in [0.25, 0.3) is 10.0 Å². The fraction of sp³-hybridized carbons (Fsp3) is 0.250. The van der Waals surface area contributed by atoms with Crippen LogP contribution in [-0.4, -0.2) is 20.1 Å². The van der Waals surface area contributed by atoms with Gasteiger partial charge in [0.05, 0.1) is 10.6 Å². The largest absolute Gasteiger partial charge is 0.453 e.